The molecule has 0 saturated heterocycles. The van der Waals surface area contributed by atoms with Crippen LogP contribution in [0.15, 0.2) is 109 Å². The molecule has 0 aromatic heterocycles. The van der Waals surface area contributed by atoms with E-state index in [0.29, 0.717) is 49.9 Å². The van der Waals surface area contributed by atoms with Crippen molar-refractivity contribution in [2.24, 2.45) is 120 Å². The van der Waals surface area contributed by atoms with Gasteiger partial charge in [0.05, 0.1) is 32.5 Å². The first-order valence-electron chi connectivity index (χ1n) is 39.9. The number of esters is 6. The molecule has 24 heteroatoms. The van der Waals surface area contributed by atoms with Gasteiger partial charge in [0.2, 0.25) is 0 Å². The van der Waals surface area contributed by atoms with Gasteiger partial charge in [0.15, 0.2) is 11.8 Å². The van der Waals surface area contributed by atoms with Gasteiger partial charge >= 0.3 is 60.5 Å². The molecule has 9 aliphatic rings. The number of halogens is 12. The van der Waals surface area contributed by atoms with Crippen molar-refractivity contribution in [2.45, 2.75) is 208 Å². The Morgan fingerprint density at radius 1 is 0.398 bits per heavy atom. The molecule has 9 fully saturated rings. The van der Waals surface area contributed by atoms with Crippen molar-refractivity contribution in [1.29, 1.82) is 0 Å². The van der Waals surface area contributed by atoms with E-state index in [1.807, 2.05) is 78.9 Å². The smallest absolute Gasteiger partial charge is 0.403 e. The summed E-state index contributed by atoms with van der Waals surface area (Å²) < 4.78 is 205. The topological polar surface area (TPSA) is 158 Å². The first-order chi connectivity index (χ1) is 52.6. The molecule has 9 saturated carbocycles. The molecular weight excluding hydrogens is 1490 g/mol. The predicted octanol–water partition coefficient (Wildman–Crippen LogP) is 21.8. The average molecular weight is 1590 g/mol. The first kappa shape index (κ1) is 80.5. The molecule has 15 rings (SSSR count). The Morgan fingerprint density at radius 2 is 0.832 bits per heavy atom. The molecule has 9 aliphatic carbocycles. The van der Waals surface area contributed by atoms with Crippen molar-refractivity contribution in [3.63, 3.8) is 0 Å². The Balaban J connectivity index is 0.746. The summed E-state index contributed by atoms with van der Waals surface area (Å²) in [5.41, 5.74) is -11.0. The molecule has 6 aromatic carbocycles. The highest BCUT2D eigenvalue weighted by atomic mass is 19.4. The quantitative estimate of drug-likeness (QED) is 0.0141. The van der Waals surface area contributed by atoms with E-state index in [2.05, 4.69) is 0 Å². The minimum absolute atomic E-state index is 0.000447. The van der Waals surface area contributed by atoms with Crippen LogP contribution in [0.2, 0.25) is 0 Å². The molecule has 113 heavy (non-hydrogen) atoms. The van der Waals surface area contributed by atoms with E-state index in [1.165, 1.54) is 48.5 Å². The molecule has 0 N–H and O–H groups in total. The third-order valence-corrected chi connectivity index (χ3v) is 29.0. The Bertz CT molecular complexity index is 4740. The predicted molar refractivity (Wildman–Crippen MR) is 394 cm³/mol. The Hall–Kier alpha value is -7.66. The molecule has 610 valence electrons. The van der Waals surface area contributed by atoms with Gasteiger partial charge < -0.3 is 28.4 Å². The van der Waals surface area contributed by atoms with Crippen molar-refractivity contribution in [2.75, 3.05) is 13.2 Å². The van der Waals surface area contributed by atoms with Gasteiger partial charge in [-0.2, -0.15) is 52.7 Å². The molecule has 6 aromatic rings. The number of hydrogen-bond donors (Lipinski definition) is 0. The summed E-state index contributed by atoms with van der Waals surface area (Å²) in [5, 5.41) is 7.00. The average Bonchev–Trinajstić information content (AvgIpc) is 1.50. The molecule has 0 aliphatic heterocycles. The number of fused-ring (bicyclic) bond motifs is 17. The maximum absolute atomic E-state index is 16.8. The lowest BCUT2D eigenvalue weighted by Crippen LogP contribution is -2.51. The van der Waals surface area contributed by atoms with E-state index in [4.69, 9.17) is 28.4 Å². The van der Waals surface area contributed by atoms with Crippen LogP contribution < -0.4 is 9.47 Å². The fourth-order valence-electron chi connectivity index (χ4n) is 25.3. The minimum atomic E-state index is -5.86. The highest BCUT2D eigenvalue weighted by molar-refractivity contribution is 6.00. The lowest BCUT2D eigenvalue weighted by molar-refractivity contribution is -0.294. The zero-order chi connectivity index (χ0) is 81.3. The molecular formula is C89H98F12O12. The zero-order valence-electron chi connectivity index (χ0n) is 64.9. The lowest BCUT2D eigenvalue weighted by atomic mass is 9.52. The number of alkyl halides is 12. The summed E-state index contributed by atoms with van der Waals surface area (Å²) in [6, 6.07) is 33.5. The van der Waals surface area contributed by atoms with Crippen LogP contribution in [0, 0.1) is 120 Å². The molecule has 17 atom stereocenters. The maximum atomic E-state index is 16.8. The SMILES string of the molecule is CC(C)(CC(C)(CC(C)(C)C(=O)Oc1ccc2cc3ccccc3cc2c1)C(=O)OC1CC2CC1C1C3CC(CC3CC(CC(C)(C)C(=O)OCC(C(F)(F)F)C(F)(F)F)(CC(C)(C)C(=O)Oc3ccc4cc5ccccc5cc4c3)C(=O)OC3CC45CCCC67CCC(C6)C(C3C4)C75)C21)C(=O)OCC(C(F)(F)F)C(F)(F)F. The van der Waals surface area contributed by atoms with Crippen LogP contribution >= 0.6 is 0 Å². The van der Waals surface area contributed by atoms with Crippen molar-refractivity contribution < 1.29 is 110 Å². The summed E-state index contributed by atoms with van der Waals surface area (Å²) >= 11 is 0. The van der Waals surface area contributed by atoms with Gasteiger partial charge in [-0.1, -0.05) is 67.1 Å². The second-order valence-electron chi connectivity index (χ2n) is 38.8. The minimum Gasteiger partial charge on any atom is -0.464 e. The van der Waals surface area contributed by atoms with Crippen molar-refractivity contribution in [1.82, 2.24) is 0 Å². The number of hydrogen-bond acceptors (Lipinski definition) is 12. The van der Waals surface area contributed by atoms with E-state index >= 15 is 14.4 Å². The Kier molecular flexibility index (Phi) is 19.8. The van der Waals surface area contributed by atoms with Crippen LogP contribution in [0.1, 0.15) is 171 Å². The number of carbonyl (C=O) groups is 6. The second kappa shape index (κ2) is 27.8. The van der Waals surface area contributed by atoms with E-state index < -0.39 is 155 Å². The maximum Gasteiger partial charge on any atom is 0.403 e. The summed E-state index contributed by atoms with van der Waals surface area (Å²) in [6.45, 7) is 8.46. The van der Waals surface area contributed by atoms with Crippen LogP contribution in [-0.4, -0.2) is 85.9 Å². The summed E-state index contributed by atoms with van der Waals surface area (Å²) in [5.74, 6) is -13.9. The monoisotopic (exact) mass is 1590 g/mol. The zero-order valence-corrected chi connectivity index (χ0v) is 64.9. The van der Waals surface area contributed by atoms with Gasteiger partial charge in [-0.15, -0.1) is 0 Å². The highest BCUT2D eigenvalue weighted by Gasteiger charge is 2.76. The number of rotatable bonds is 24. The molecule has 0 heterocycles. The van der Waals surface area contributed by atoms with E-state index in [9.17, 15) is 67.1 Å². The summed E-state index contributed by atoms with van der Waals surface area (Å²) in [7, 11) is 0. The molecule has 2 spiro atoms. The van der Waals surface area contributed by atoms with Gasteiger partial charge in [0.1, 0.15) is 36.9 Å². The molecule has 12 nitrogen and oxygen atoms in total. The lowest BCUT2D eigenvalue weighted by Gasteiger charge is -2.53. The third-order valence-electron chi connectivity index (χ3n) is 29.0. The van der Waals surface area contributed by atoms with Crippen molar-refractivity contribution >= 4 is 78.9 Å². The van der Waals surface area contributed by atoms with Crippen LogP contribution in [0.4, 0.5) is 52.7 Å². The highest BCUT2D eigenvalue weighted by Crippen LogP contribution is 2.81. The number of benzene rings is 6. The third kappa shape index (κ3) is 14.7. The molecule has 0 amide bonds. The van der Waals surface area contributed by atoms with Gasteiger partial charge in [0.25, 0.3) is 0 Å². The molecule has 0 radical (unpaired) electrons. The first-order valence-corrected chi connectivity index (χ1v) is 39.9. The van der Waals surface area contributed by atoms with Crippen LogP contribution in [0.5, 0.6) is 11.5 Å². The van der Waals surface area contributed by atoms with Crippen molar-refractivity contribution in [3.05, 3.63) is 109 Å². The number of carbonyl (C=O) groups excluding carboxylic acids is 6. The van der Waals surface area contributed by atoms with Crippen LogP contribution in [0.25, 0.3) is 43.1 Å². The second-order valence-corrected chi connectivity index (χ2v) is 38.8. The van der Waals surface area contributed by atoms with Gasteiger partial charge in [0, 0.05) is 0 Å². The van der Waals surface area contributed by atoms with Gasteiger partial charge in [-0.3, -0.25) is 28.8 Å². The van der Waals surface area contributed by atoms with Gasteiger partial charge in [-0.25, -0.2) is 0 Å². The Labute approximate surface area is 648 Å². The Morgan fingerprint density at radius 3 is 1.34 bits per heavy atom. The largest absolute Gasteiger partial charge is 0.464 e. The molecule has 17 unspecified atom stereocenters. The summed E-state index contributed by atoms with van der Waals surface area (Å²) in [6.07, 6.45) is -16.8. The number of ether oxygens (including phenoxy) is 6. The van der Waals surface area contributed by atoms with E-state index in [1.54, 1.807) is 44.2 Å². The molecule has 8 bridgehead atoms. The van der Waals surface area contributed by atoms with Crippen LogP contribution in [0.3, 0.4) is 0 Å². The van der Waals surface area contributed by atoms with Crippen molar-refractivity contribution in [3.8, 4) is 11.5 Å². The van der Waals surface area contributed by atoms with Crippen LogP contribution in [-0.2, 0) is 47.7 Å². The van der Waals surface area contributed by atoms with E-state index in [0.717, 1.165) is 88.0 Å². The van der Waals surface area contributed by atoms with E-state index in [-0.39, 0.29) is 76.6 Å². The normalized spacial score (nSPS) is 29.6. The standard InChI is InChI=1S/C89H98F12O12/c1-78(2,72(102)108-41-66(86(90,91)92)87(93,94)95)43-82(9,44-79(3,4)74(104)110-59-21-19-51-27-47-15-10-12-17-49(47)29-54(51)32-59)76(106)112-64-36-57-35-62(64)70-61-34-56(68(57)70)31-58(61)38-85(45-80(5,6)73(103)109-42-67(88(96,97)98)89(99,100)101,77(107)113-65-40-84-25-14-24-83-26-23-53(37-83)69(71(83)84)63(65)39-84)46-81(7,8)75(105)111-60-22-20-52-28-48-16-11-13-18-50(48)30-55(52)33-60/h10-13,15-22,27-30,32-33,53,56-58,61-71H,14,23-26,31,34-46H2,1-9H3. The fraction of sp³-hybridized carbons (Fsp3) is 0.618. The summed E-state index contributed by atoms with van der Waals surface area (Å²) in [4.78, 5) is 91.2. The van der Waals surface area contributed by atoms with Gasteiger partial charge in [-0.05, 0) is 333 Å². The fourth-order valence-corrected chi connectivity index (χ4v) is 25.3.